The van der Waals surface area contributed by atoms with E-state index in [1.807, 2.05) is 6.92 Å². The molecule has 3 rings (SSSR count). The first-order valence-corrected chi connectivity index (χ1v) is 8.48. The fourth-order valence-corrected chi connectivity index (χ4v) is 3.55. The molecule has 1 amide bonds. The SMILES string of the molecule is Cc1ccc(C(=O)N=c2sc3cc(F)c(F)cc3n2C(C)C(=O)O)cc1. The summed E-state index contributed by atoms with van der Waals surface area (Å²) in [5, 5.41) is 9.33. The highest BCUT2D eigenvalue weighted by Gasteiger charge is 2.20. The Labute approximate surface area is 150 Å². The van der Waals surface area contributed by atoms with E-state index in [-0.39, 0.29) is 10.3 Å². The van der Waals surface area contributed by atoms with Crippen molar-refractivity contribution >= 4 is 33.4 Å². The third-order valence-electron chi connectivity index (χ3n) is 3.91. The number of rotatable bonds is 3. The minimum Gasteiger partial charge on any atom is -0.480 e. The van der Waals surface area contributed by atoms with Gasteiger partial charge in [-0.2, -0.15) is 4.99 Å². The molecule has 134 valence electrons. The number of aryl methyl sites for hydroxylation is 1. The van der Waals surface area contributed by atoms with Crippen LogP contribution in [0.25, 0.3) is 10.2 Å². The van der Waals surface area contributed by atoms with Gasteiger partial charge in [0.05, 0.1) is 10.2 Å². The molecule has 1 atom stereocenters. The molecule has 1 aromatic heterocycles. The second-order valence-corrected chi connectivity index (χ2v) is 6.79. The third-order valence-corrected chi connectivity index (χ3v) is 4.93. The summed E-state index contributed by atoms with van der Waals surface area (Å²) in [5.41, 5.74) is 1.48. The Morgan fingerprint density at radius 1 is 1.15 bits per heavy atom. The van der Waals surface area contributed by atoms with Gasteiger partial charge < -0.3 is 9.67 Å². The third kappa shape index (κ3) is 3.28. The number of carbonyl (C=O) groups is 2. The summed E-state index contributed by atoms with van der Waals surface area (Å²) in [4.78, 5) is 27.9. The number of aromatic nitrogens is 1. The molecule has 0 bridgehead atoms. The first kappa shape index (κ1) is 17.9. The molecular weight excluding hydrogens is 362 g/mol. The lowest BCUT2D eigenvalue weighted by Crippen LogP contribution is -2.25. The van der Waals surface area contributed by atoms with Crippen molar-refractivity contribution in [2.45, 2.75) is 19.9 Å². The fraction of sp³-hybridized carbons (Fsp3) is 0.167. The number of carboxylic acid groups (broad SMARTS) is 1. The molecule has 0 saturated carbocycles. The molecule has 0 radical (unpaired) electrons. The van der Waals surface area contributed by atoms with E-state index in [1.54, 1.807) is 24.3 Å². The first-order valence-electron chi connectivity index (χ1n) is 7.66. The Hall–Kier alpha value is -2.87. The highest BCUT2D eigenvalue weighted by molar-refractivity contribution is 7.16. The van der Waals surface area contributed by atoms with Crippen molar-refractivity contribution in [1.29, 1.82) is 0 Å². The molecule has 1 heterocycles. The van der Waals surface area contributed by atoms with Gasteiger partial charge in [0.25, 0.3) is 5.91 Å². The number of hydrogen-bond acceptors (Lipinski definition) is 3. The van der Waals surface area contributed by atoms with Crippen molar-refractivity contribution < 1.29 is 23.5 Å². The summed E-state index contributed by atoms with van der Waals surface area (Å²) in [6.07, 6.45) is 0. The van der Waals surface area contributed by atoms with Gasteiger partial charge in [-0.25, -0.2) is 13.6 Å². The lowest BCUT2D eigenvalue weighted by Gasteiger charge is -2.10. The molecular formula is C18H14F2N2O3S. The van der Waals surface area contributed by atoms with E-state index in [2.05, 4.69) is 4.99 Å². The van der Waals surface area contributed by atoms with Crippen molar-refractivity contribution in [3.8, 4) is 0 Å². The van der Waals surface area contributed by atoms with Crippen LogP contribution in [-0.2, 0) is 4.79 Å². The Morgan fingerprint density at radius 3 is 2.38 bits per heavy atom. The quantitative estimate of drug-likeness (QED) is 0.758. The Bertz CT molecular complexity index is 1080. The van der Waals surface area contributed by atoms with Gasteiger partial charge in [-0.1, -0.05) is 29.0 Å². The van der Waals surface area contributed by atoms with Crippen LogP contribution in [0.3, 0.4) is 0 Å². The first-order chi connectivity index (χ1) is 12.3. The van der Waals surface area contributed by atoms with Gasteiger partial charge in [-0.3, -0.25) is 4.79 Å². The van der Waals surface area contributed by atoms with E-state index in [1.165, 1.54) is 11.5 Å². The monoisotopic (exact) mass is 376 g/mol. The van der Waals surface area contributed by atoms with E-state index in [0.717, 1.165) is 29.0 Å². The molecule has 5 nitrogen and oxygen atoms in total. The van der Waals surface area contributed by atoms with Gasteiger partial charge in [0.15, 0.2) is 16.4 Å². The molecule has 26 heavy (non-hydrogen) atoms. The van der Waals surface area contributed by atoms with Gasteiger partial charge in [0.1, 0.15) is 6.04 Å². The lowest BCUT2D eigenvalue weighted by molar-refractivity contribution is -0.140. The van der Waals surface area contributed by atoms with Crippen molar-refractivity contribution in [2.24, 2.45) is 4.99 Å². The van der Waals surface area contributed by atoms with Gasteiger partial charge >= 0.3 is 5.97 Å². The van der Waals surface area contributed by atoms with E-state index in [0.29, 0.717) is 10.3 Å². The number of carbonyl (C=O) groups excluding carboxylic acids is 1. The molecule has 2 aromatic carbocycles. The predicted octanol–water partition coefficient (Wildman–Crippen LogP) is 3.68. The van der Waals surface area contributed by atoms with Crippen LogP contribution in [0.2, 0.25) is 0 Å². The van der Waals surface area contributed by atoms with Crippen LogP contribution < -0.4 is 4.80 Å². The number of nitrogens with zero attached hydrogens (tertiary/aromatic N) is 2. The van der Waals surface area contributed by atoms with Crippen LogP contribution in [0, 0.1) is 18.6 Å². The number of halogens is 2. The number of fused-ring (bicyclic) bond motifs is 1. The van der Waals surface area contributed by atoms with Gasteiger partial charge in [-0.05, 0) is 32.0 Å². The van der Waals surface area contributed by atoms with Crippen molar-refractivity contribution in [1.82, 2.24) is 4.57 Å². The summed E-state index contributed by atoms with van der Waals surface area (Å²) >= 11 is 0.924. The van der Waals surface area contributed by atoms with E-state index < -0.39 is 29.6 Å². The maximum Gasteiger partial charge on any atom is 0.326 e. The number of benzene rings is 2. The van der Waals surface area contributed by atoms with Gasteiger partial charge in [0, 0.05) is 11.6 Å². The molecule has 1 N–H and O–H groups in total. The number of carboxylic acids is 1. The molecule has 0 aliphatic carbocycles. The minimum absolute atomic E-state index is 0.0606. The average Bonchev–Trinajstić information content (AvgIpc) is 2.91. The molecule has 3 aromatic rings. The lowest BCUT2D eigenvalue weighted by atomic mass is 10.1. The van der Waals surface area contributed by atoms with Crippen LogP contribution in [0.15, 0.2) is 41.4 Å². The van der Waals surface area contributed by atoms with Gasteiger partial charge in [0.2, 0.25) is 0 Å². The summed E-state index contributed by atoms with van der Waals surface area (Å²) in [6.45, 7) is 3.26. The molecule has 0 spiro atoms. The van der Waals surface area contributed by atoms with Crippen LogP contribution in [0.4, 0.5) is 8.78 Å². The largest absolute Gasteiger partial charge is 0.480 e. The average molecular weight is 376 g/mol. The number of aliphatic carboxylic acids is 1. The van der Waals surface area contributed by atoms with E-state index in [9.17, 15) is 23.5 Å². The molecule has 8 heteroatoms. The topological polar surface area (TPSA) is 71.7 Å². The zero-order valence-corrected chi connectivity index (χ0v) is 14.7. The summed E-state index contributed by atoms with van der Waals surface area (Å²) in [5.74, 6) is -3.90. The molecule has 0 aliphatic heterocycles. The van der Waals surface area contributed by atoms with Crippen LogP contribution in [-0.4, -0.2) is 21.6 Å². The number of amides is 1. The zero-order chi connectivity index (χ0) is 19.0. The van der Waals surface area contributed by atoms with Crippen LogP contribution in [0.5, 0.6) is 0 Å². The summed E-state index contributed by atoms with van der Waals surface area (Å²) in [6, 6.07) is 7.50. The van der Waals surface area contributed by atoms with E-state index >= 15 is 0 Å². The second-order valence-electron chi connectivity index (χ2n) is 5.79. The highest BCUT2D eigenvalue weighted by Crippen LogP contribution is 2.24. The molecule has 0 aliphatic rings. The standard InChI is InChI=1S/C18H14F2N2O3S/c1-9-3-5-11(6-4-9)16(23)21-18-22(10(2)17(24)25)14-7-12(19)13(20)8-15(14)26-18/h3-8,10H,1-2H3,(H,24,25). The summed E-state index contributed by atoms with van der Waals surface area (Å²) in [7, 11) is 0. The normalized spacial score (nSPS) is 13.2. The zero-order valence-electron chi connectivity index (χ0n) is 13.9. The fourth-order valence-electron chi connectivity index (χ4n) is 2.45. The minimum atomic E-state index is -1.18. The predicted molar refractivity (Wildman–Crippen MR) is 93.2 cm³/mol. The number of hydrogen-bond donors (Lipinski definition) is 1. The second kappa shape index (κ2) is 6.80. The Morgan fingerprint density at radius 2 is 1.77 bits per heavy atom. The van der Waals surface area contributed by atoms with Crippen LogP contribution >= 0.6 is 11.3 Å². The highest BCUT2D eigenvalue weighted by atomic mass is 32.1. The van der Waals surface area contributed by atoms with E-state index in [4.69, 9.17) is 0 Å². The Kier molecular flexibility index (Phi) is 4.69. The number of thiazole rings is 1. The maximum absolute atomic E-state index is 13.6. The molecule has 1 unspecified atom stereocenters. The van der Waals surface area contributed by atoms with Crippen LogP contribution in [0.1, 0.15) is 28.9 Å². The van der Waals surface area contributed by atoms with Crippen molar-refractivity contribution in [3.05, 3.63) is 64.0 Å². The van der Waals surface area contributed by atoms with Crippen molar-refractivity contribution in [3.63, 3.8) is 0 Å². The maximum atomic E-state index is 13.6. The Balaban J connectivity index is 2.23. The van der Waals surface area contributed by atoms with Gasteiger partial charge in [-0.15, -0.1) is 0 Å². The summed E-state index contributed by atoms with van der Waals surface area (Å²) < 4.78 is 28.7. The molecule has 0 saturated heterocycles. The molecule has 0 fully saturated rings. The van der Waals surface area contributed by atoms with Crippen molar-refractivity contribution in [2.75, 3.05) is 0 Å². The smallest absolute Gasteiger partial charge is 0.326 e.